The Labute approximate surface area is 116 Å². The minimum atomic E-state index is -4.05. The van der Waals surface area contributed by atoms with E-state index in [1.54, 1.807) is 0 Å². The van der Waals surface area contributed by atoms with E-state index in [-0.39, 0.29) is 16.2 Å². The maximum absolute atomic E-state index is 12.4. The average molecular weight is 301 g/mol. The Bertz CT molecular complexity index is 637. The number of amides is 1. The first kappa shape index (κ1) is 16.0. The molecule has 20 heavy (non-hydrogen) atoms. The van der Waals surface area contributed by atoms with Crippen LogP contribution in [-0.4, -0.2) is 44.8 Å². The quantitative estimate of drug-likeness (QED) is 0.809. The summed E-state index contributed by atoms with van der Waals surface area (Å²) in [6, 6.07) is 3.45. The van der Waals surface area contributed by atoms with Crippen LogP contribution in [0.4, 0.5) is 0 Å². The third-order valence-corrected chi connectivity index (χ3v) is 4.88. The molecule has 0 bridgehead atoms. The fourth-order valence-electron chi connectivity index (χ4n) is 1.57. The highest BCUT2D eigenvalue weighted by Crippen LogP contribution is 2.28. The van der Waals surface area contributed by atoms with Crippen LogP contribution in [0.5, 0.6) is 5.75 Å². The van der Waals surface area contributed by atoms with Gasteiger partial charge in [0.25, 0.3) is 0 Å². The molecule has 0 aliphatic rings. The Kier molecular flexibility index (Phi) is 4.72. The fraction of sp³-hybridized carbons (Fsp3) is 0.333. The summed E-state index contributed by atoms with van der Waals surface area (Å²) in [5.41, 5.74) is -0.200. The van der Waals surface area contributed by atoms with Crippen LogP contribution in [0, 0.1) is 0 Å². The van der Waals surface area contributed by atoms with E-state index in [1.807, 2.05) is 0 Å². The van der Waals surface area contributed by atoms with Gasteiger partial charge in [-0.05, 0) is 25.1 Å². The van der Waals surface area contributed by atoms with Gasteiger partial charge in [-0.15, -0.1) is 0 Å². The molecule has 0 aliphatic carbocycles. The molecule has 0 saturated carbocycles. The van der Waals surface area contributed by atoms with Crippen LogP contribution in [0.2, 0.25) is 0 Å². The molecule has 0 saturated heterocycles. The Morgan fingerprint density at radius 2 is 1.95 bits per heavy atom. The summed E-state index contributed by atoms with van der Waals surface area (Å²) in [7, 11) is -1.47. The molecule has 1 rings (SSSR count). The highest BCUT2D eigenvalue weighted by Gasteiger charge is 2.32. The molecule has 7 nitrogen and oxygen atoms in total. The van der Waals surface area contributed by atoms with E-state index in [0.717, 1.165) is 6.07 Å². The minimum Gasteiger partial charge on any atom is -0.495 e. The molecule has 110 valence electrons. The number of rotatable bonds is 5. The van der Waals surface area contributed by atoms with Gasteiger partial charge in [0.1, 0.15) is 15.9 Å². The summed E-state index contributed by atoms with van der Waals surface area (Å²) < 4.78 is 29.6. The third-order valence-electron chi connectivity index (χ3n) is 2.80. The number of carboxylic acids is 1. The zero-order valence-electron chi connectivity index (χ0n) is 11.2. The average Bonchev–Trinajstić information content (AvgIpc) is 2.44. The highest BCUT2D eigenvalue weighted by molar-refractivity contribution is 7.92. The SMILES string of the molecule is CNC(=O)C(C)S(=O)(=O)c1cc(C(=O)O)ccc1OC. The molecule has 0 aliphatic heterocycles. The fourth-order valence-corrected chi connectivity index (χ4v) is 3.07. The predicted molar refractivity (Wildman–Crippen MR) is 70.7 cm³/mol. The second kappa shape index (κ2) is 5.91. The maximum atomic E-state index is 12.4. The molecular weight excluding hydrogens is 286 g/mol. The second-order valence-electron chi connectivity index (χ2n) is 3.97. The molecular formula is C12H15NO6S. The van der Waals surface area contributed by atoms with Crippen LogP contribution >= 0.6 is 0 Å². The monoisotopic (exact) mass is 301 g/mol. The normalized spacial score (nSPS) is 12.6. The Morgan fingerprint density at radius 1 is 1.35 bits per heavy atom. The zero-order chi connectivity index (χ0) is 15.5. The van der Waals surface area contributed by atoms with Crippen molar-refractivity contribution in [2.45, 2.75) is 17.1 Å². The maximum Gasteiger partial charge on any atom is 0.335 e. The van der Waals surface area contributed by atoms with Gasteiger partial charge >= 0.3 is 5.97 Å². The van der Waals surface area contributed by atoms with E-state index < -0.39 is 27.0 Å². The predicted octanol–water partition coefficient (Wildman–Crippen LogP) is 0.302. The van der Waals surface area contributed by atoms with Crippen LogP contribution in [0.1, 0.15) is 17.3 Å². The molecule has 1 unspecified atom stereocenters. The lowest BCUT2D eigenvalue weighted by Crippen LogP contribution is -2.36. The lowest BCUT2D eigenvalue weighted by molar-refractivity contribution is -0.119. The lowest BCUT2D eigenvalue weighted by atomic mass is 10.2. The minimum absolute atomic E-state index is 0.00856. The van der Waals surface area contributed by atoms with Crippen molar-refractivity contribution in [3.05, 3.63) is 23.8 Å². The summed E-state index contributed by atoms with van der Waals surface area (Å²) >= 11 is 0. The number of carboxylic acid groups (broad SMARTS) is 1. The molecule has 1 aromatic carbocycles. The number of sulfone groups is 1. The molecule has 0 aromatic heterocycles. The number of aromatic carboxylic acids is 1. The van der Waals surface area contributed by atoms with E-state index in [0.29, 0.717) is 0 Å². The summed E-state index contributed by atoms with van der Waals surface area (Å²) in [5.74, 6) is -1.96. The van der Waals surface area contributed by atoms with Crippen LogP contribution < -0.4 is 10.1 Å². The number of carbonyl (C=O) groups excluding carboxylic acids is 1. The second-order valence-corrected chi connectivity index (χ2v) is 6.21. The Hall–Kier alpha value is -2.09. The number of methoxy groups -OCH3 is 1. The third kappa shape index (κ3) is 2.90. The number of nitrogens with one attached hydrogen (secondary N) is 1. The standard InChI is InChI=1S/C12H15NO6S/c1-7(11(14)13-2)20(17,18)10-6-8(12(15)16)4-5-9(10)19-3/h4-7H,1-3H3,(H,13,14)(H,15,16). The molecule has 0 radical (unpaired) electrons. The van der Waals surface area contributed by atoms with Crippen molar-refractivity contribution in [3.63, 3.8) is 0 Å². The summed E-state index contributed by atoms with van der Waals surface area (Å²) in [5, 5.41) is 9.80. The van der Waals surface area contributed by atoms with Crippen LogP contribution in [-0.2, 0) is 14.6 Å². The summed E-state index contributed by atoms with van der Waals surface area (Å²) in [4.78, 5) is 22.1. The van der Waals surface area contributed by atoms with Crippen molar-refractivity contribution in [1.29, 1.82) is 0 Å². The number of hydrogen-bond donors (Lipinski definition) is 2. The van der Waals surface area contributed by atoms with Gasteiger partial charge in [-0.3, -0.25) is 4.79 Å². The number of ether oxygens (including phenoxy) is 1. The smallest absolute Gasteiger partial charge is 0.335 e. The molecule has 1 atom stereocenters. The first-order valence-electron chi connectivity index (χ1n) is 5.62. The van der Waals surface area contributed by atoms with Crippen molar-refractivity contribution in [2.24, 2.45) is 0 Å². The van der Waals surface area contributed by atoms with Gasteiger partial charge in [0.05, 0.1) is 12.7 Å². The molecule has 1 amide bonds. The van der Waals surface area contributed by atoms with Crippen molar-refractivity contribution in [1.82, 2.24) is 5.32 Å². The van der Waals surface area contributed by atoms with Crippen molar-refractivity contribution >= 4 is 21.7 Å². The molecule has 2 N–H and O–H groups in total. The molecule has 0 spiro atoms. The number of hydrogen-bond acceptors (Lipinski definition) is 5. The largest absolute Gasteiger partial charge is 0.495 e. The van der Waals surface area contributed by atoms with Gasteiger partial charge in [-0.1, -0.05) is 0 Å². The van der Waals surface area contributed by atoms with E-state index in [1.165, 1.54) is 33.2 Å². The van der Waals surface area contributed by atoms with Gasteiger partial charge in [0.15, 0.2) is 9.84 Å². The lowest BCUT2D eigenvalue weighted by Gasteiger charge is -2.14. The molecule has 0 heterocycles. The first-order chi connectivity index (χ1) is 9.25. The Balaban J connectivity index is 3.46. The topological polar surface area (TPSA) is 110 Å². The van der Waals surface area contributed by atoms with Crippen LogP contribution in [0.3, 0.4) is 0 Å². The van der Waals surface area contributed by atoms with Crippen LogP contribution in [0.25, 0.3) is 0 Å². The van der Waals surface area contributed by atoms with Gasteiger partial charge in [0.2, 0.25) is 5.91 Å². The van der Waals surface area contributed by atoms with E-state index >= 15 is 0 Å². The van der Waals surface area contributed by atoms with Crippen molar-refractivity contribution in [3.8, 4) is 5.75 Å². The number of carbonyl (C=O) groups is 2. The van der Waals surface area contributed by atoms with Crippen LogP contribution in [0.15, 0.2) is 23.1 Å². The zero-order valence-corrected chi connectivity index (χ0v) is 12.0. The number of benzene rings is 1. The molecule has 8 heteroatoms. The summed E-state index contributed by atoms with van der Waals surface area (Å²) in [6.45, 7) is 1.22. The first-order valence-corrected chi connectivity index (χ1v) is 7.17. The highest BCUT2D eigenvalue weighted by atomic mass is 32.2. The van der Waals surface area contributed by atoms with Gasteiger partial charge in [-0.25, -0.2) is 13.2 Å². The van der Waals surface area contributed by atoms with E-state index in [9.17, 15) is 18.0 Å². The van der Waals surface area contributed by atoms with E-state index in [2.05, 4.69) is 5.32 Å². The van der Waals surface area contributed by atoms with Gasteiger partial charge in [-0.2, -0.15) is 0 Å². The van der Waals surface area contributed by atoms with Crippen molar-refractivity contribution < 1.29 is 27.9 Å². The van der Waals surface area contributed by atoms with Crippen molar-refractivity contribution in [2.75, 3.05) is 14.2 Å². The van der Waals surface area contributed by atoms with Gasteiger partial charge in [0, 0.05) is 7.05 Å². The molecule has 0 fully saturated rings. The van der Waals surface area contributed by atoms with E-state index in [4.69, 9.17) is 9.84 Å². The van der Waals surface area contributed by atoms with Gasteiger partial charge < -0.3 is 15.2 Å². The summed E-state index contributed by atoms with van der Waals surface area (Å²) in [6.07, 6.45) is 0. The molecule has 1 aromatic rings. The Morgan fingerprint density at radius 3 is 2.40 bits per heavy atom.